The molecule has 24 nitrogen and oxygen atoms in total. The lowest BCUT2D eigenvalue weighted by Crippen LogP contribution is -2.12. The molecule has 0 radical (unpaired) electrons. The lowest BCUT2D eigenvalue weighted by atomic mass is 10.1. The highest BCUT2D eigenvalue weighted by Gasteiger charge is 2.17. The Morgan fingerprint density at radius 3 is 0.509 bits per heavy atom. The average Bonchev–Trinajstić information content (AvgIpc) is 0.838. The molecule has 0 fully saturated rings. The van der Waals surface area contributed by atoms with Gasteiger partial charge in [0.1, 0.15) is 69.0 Å². The van der Waals surface area contributed by atoms with Crippen molar-refractivity contribution in [3.05, 3.63) is 322 Å². The van der Waals surface area contributed by atoms with E-state index >= 15 is 0 Å². The van der Waals surface area contributed by atoms with Crippen LogP contribution in [0.2, 0.25) is 0 Å². The first-order chi connectivity index (χ1) is 54.4. The van der Waals surface area contributed by atoms with E-state index in [1.807, 2.05) is 39.0 Å². The number of aryl methyl sites for hydroxylation is 6. The molecule has 24 heteroatoms. The Labute approximate surface area is 655 Å². The van der Waals surface area contributed by atoms with Gasteiger partial charge in [-0.15, -0.1) is 0 Å². The van der Waals surface area contributed by atoms with Crippen molar-refractivity contribution in [3.63, 3.8) is 0 Å². The summed E-state index contributed by atoms with van der Waals surface area (Å²) in [6, 6.07) is 71.1. The molecule has 0 heterocycles. The van der Waals surface area contributed by atoms with Crippen molar-refractivity contribution < 1.29 is 86.9 Å². The summed E-state index contributed by atoms with van der Waals surface area (Å²) in [5.74, 6) is 1.40. The van der Waals surface area contributed by atoms with Crippen molar-refractivity contribution in [2.75, 3.05) is 31.9 Å². The van der Waals surface area contributed by atoms with E-state index in [-0.39, 0.29) is 52.1 Å². The van der Waals surface area contributed by atoms with Gasteiger partial charge in [0.15, 0.2) is 0 Å². The van der Waals surface area contributed by atoms with E-state index in [0.29, 0.717) is 120 Å². The summed E-state index contributed by atoms with van der Waals surface area (Å²) in [6.45, 7) is 15.3. The second-order valence-corrected chi connectivity index (χ2v) is 26.3. The van der Waals surface area contributed by atoms with Crippen molar-refractivity contribution in [1.29, 1.82) is 0 Å². The van der Waals surface area contributed by atoms with Crippen LogP contribution in [0.3, 0.4) is 0 Å². The minimum Gasteiger partial charge on any atom is -0.478 e. The van der Waals surface area contributed by atoms with Crippen LogP contribution in [0, 0.1) is 41.5 Å². The molecule has 12 rings (SSSR count). The molecule has 0 aliphatic heterocycles. The highest BCUT2D eigenvalue weighted by atomic mass is 16.5. The molecule has 0 unspecified atom stereocenters. The zero-order valence-electron chi connectivity index (χ0n) is 63.2. The average molecular weight is 1530 g/mol. The first-order valence-electron chi connectivity index (χ1n) is 35.3. The number of benzene rings is 12. The summed E-state index contributed by atoms with van der Waals surface area (Å²) in [4.78, 5) is 106. The van der Waals surface area contributed by atoms with Crippen LogP contribution < -0.4 is 60.3 Å². The minimum absolute atomic E-state index is 0.132. The smallest absolute Gasteiger partial charge is 0.335 e. The second kappa shape index (κ2) is 37.7. The van der Waals surface area contributed by atoms with Crippen LogP contribution >= 0.6 is 0 Å². The van der Waals surface area contributed by atoms with Gasteiger partial charge in [0, 0.05) is 71.6 Å². The summed E-state index contributed by atoms with van der Waals surface area (Å²) in [7, 11) is 0. The van der Waals surface area contributed by atoms with Crippen LogP contribution in [0.15, 0.2) is 255 Å². The lowest BCUT2D eigenvalue weighted by Gasteiger charge is -2.12. The largest absolute Gasteiger partial charge is 0.478 e. The molecule has 0 bridgehead atoms. The number of amides is 6. The van der Waals surface area contributed by atoms with Crippen LogP contribution in [-0.4, -0.2) is 68.7 Å². The normalized spacial score (nSPS) is 10.4. The zero-order chi connectivity index (χ0) is 81.7. The molecule has 12 aromatic rings. The standard InChI is InChI=1S/C44H37N3O8.C30H26N2O6.C16H15NO4/c1-26-17-30(23-39(20-26)53-36-11-5-33(6-12-36)45-29(4)48)42(49)46-34-7-13-37(14-8-34)54-40-21-27(2)18-31(24-40)43(50)47-35-9-15-38(16-10-35)55-41-22-28(3)19-32(25-41)44(51)52;1-18-12-21(16-27(14-18)37-25-8-4-23(5-9-25)31-20(3)33)29(34)32-24-6-10-26(11-7-24)38-28-15-19(2)13-22(17-28)30(35)36;1-10-7-12(16(19)20)9-15(8-10)21-14-5-3-13(4-6-14)17-11(2)18/h5-25H,1-4H3,(H,45,48)(H,46,49)(H,47,50)(H,51,52);4-17H,1-3H3,(H,31,33)(H,32,34)(H,35,36);3-9H,1-2H3,(H,17,18)(H,19,20). The van der Waals surface area contributed by atoms with Crippen molar-refractivity contribution in [3.8, 4) is 69.0 Å². The molecule has 114 heavy (non-hydrogen) atoms. The maximum atomic E-state index is 13.2. The summed E-state index contributed by atoms with van der Waals surface area (Å²) in [6.07, 6.45) is 0. The van der Waals surface area contributed by atoms with E-state index < -0.39 is 17.9 Å². The molecule has 0 aromatic heterocycles. The third-order valence-electron chi connectivity index (χ3n) is 16.1. The predicted octanol–water partition coefficient (Wildman–Crippen LogP) is 20.4. The third-order valence-corrected chi connectivity index (χ3v) is 16.1. The molecule has 0 spiro atoms. The highest BCUT2D eigenvalue weighted by molar-refractivity contribution is 6.06. The molecule has 0 saturated heterocycles. The van der Waals surface area contributed by atoms with Gasteiger partial charge in [-0.2, -0.15) is 0 Å². The number of hydrogen-bond donors (Lipinski definition) is 9. The summed E-state index contributed by atoms with van der Waals surface area (Å²) in [5.41, 5.74) is 10.2. The molecular formula is C90H78N6O18. The van der Waals surface area contributed by atoms with Gasteiger partial charge in [0.2, 0.25) is 17.7 Å². The zero-order valence-corrected chi connectivity index (χ0v) is 63.2. The van der Waals surface area contributed by atoms with E-state index in [1.54, 1.807) is 239 Å². The van der Waals surface area contributed by atoms with Gasteiger partial charge >= 0.3 is 17.9 Å². The molecule has 0 aliphatic rings. The highest BCUT2D eigenvalue weighted by Crippen LogP contribution is 2.34. The molecule has 12 aromatic carbocycles. The summed E-state index contributed by atoms with van der Waals surface area (Å²) >= 11 is 0. The first-order valence-corrected chi connectivity index (χ1v) is 35.3. The van der Waals surface area contributed by atoms with E-state index in [4.69, 9.17) is 33.5 Å². The quantitative estimate of drug-likeness (QED) is 0.0271. The van der Waals surface area contributed by atoms with Crippen molar-refractivity contribution >= 4 is 87.5 Å². The molecule has 0 aliphatic carbocycles. The molecule has 0 saturated carbocycles. The number of hydrogen-bond acceptors (Lipinski definition) is 15. The monoisotopic (exact) mass is 1530 g/mol. The number of rotatable bonds is 24. The Hall–Kier alpha value is -15.3. The number of anilines is 6. The van der Waals surface area contributed by atoms with Gasteiger partial charge in [-0.05, 0) is 330 Å². The number of carboxylic acid groups (broad SMARTS) is 3. The topological polar surface area (TPSA) is 342 Å². The van der Waals surface area contributed by atoms with Crippen molar-refractivity contribution in [2.24, 2.45) is 0 Å². The van der Waals surface area contributed by atoms with Gasteiger partial charge in [-0.3, -0.25) is 28.8 Å². The number of aromatic carboxylic acids is 3. The third kappa shape index (κ3) is 24.9. The Bertz CT molecular complexity index is 5580. The van der Waals surface area contributed by atoms with Crippen LogP contribution in [0.25, 0.3) is 0 Å². The van der Waals surface area contributed by atoms with E-state index in [2.05, 4.69) is 31.9 Å². The molecule has 0 atom stereocenters. The Morgan fingerprint density at radius 2 is 0.351 bits per heavy atom. The van der Waals surface area contributed by atoms with Gasteiger partial charge in [0.05, 0.1) is 16.7 Å². The fraction of sp³-hybridized carbons (Fsp3) is 0.100. The first kappa shape index (κ1) is 81.2. The summed E-state index contributed by atoms with van der Waals surface area (Å²) in [5, 5.41) is 44.3. The molecule has 9 N–H and O–H groups in total. The van der Waals surface area contributed by atoms with Crippen LogP contribution in [0.1, 0.15) is 116 Å². The second-order valence-electron chi connectivity index (χ2n) is 26.3. The fourth-order valence-electron chi connectivity index (χ4n) is 11.3. The number of ether oxygens (including phenoxy) is 6. The number of carbonyl (C=O) groups excluding carboxylic acids is 6. The van der Waals surface area contributed by atoms with Gasteiger partial charge in [0.25, 0.3) is 17.7 Å². The number of carboxylic acids is 3. The maximum Gasteiger partial charge on any atom is 0.335 e. The maximum absolute atomic E-state index is 13.2. The van der Waals surface area contributed by atoms with Crippen molar-refractivity contribution in [2.45, 2.75) is 62.3 Å². The number of nitrogens with one attached hydrogen (secondary N) is 6. The van der Waals surface area contributed by atoms with E-state index in [9.17, 15) is 53.4 Å². The van der Waals surface area contributed by atoms with Crippen LogP contribution in [0.5, 0.6) is 69.0 Å². The predicted molar refractivity (Wildman–Crippen MR) is 434 cm³/mol. The minimum atomic E-state index is -1.04. The molecule has 576 valence electrons. The van der Waals surface area contributed by atoms with Crippen molar-refractivity contribution in [1.82, 2.24) is 0 Å². The molecule has 6 amide bonds. The summed E-state index contributed by atoms with van der Waals surface area (Å²) < 4.78 is 35.2. The number of carbonyl (C=O) groups is 9. The van der Waals surface area contributed by atoms with E-state index in [0.717, 1.165) is 33.4 Å². The van der Waals surface area contributed by atoms with E-state index in [1.165, 1.54) is 39.0 Å². The van der Waals surface area contributed by atoms with Crippen LogP contribution in [-0.2, 0) is 14.4 Å². The van der Waals surface area contributed by atoms with Gasteiger partial charge in [-0.1, -0.05) is 0 Å². The van der Waals surface area contributed by atoms with Gasteiger partial charge in [-0.25, -0.2) is 14.4 Å². The fourth-order valence-corrected chi connectivity index (χ4v) is 11.3. The Morgan fingerprint density at radius 1 is 0.202 bits per heavy atom. The Kier molecular flexibility index (Phi) is 26.8. The van der Waals surface area contributed by atoms with Gasteiger partial charge < -0.3 is 75.6 Å². The lowest BCUT2D eigenvalue weighted by molar-refractivity contribution is -0.115. The SMILES string of the molecule is CC(=O)Nc1ccc(Oc2cc(C)cc(C(=O)Nc3ccc(Oc4cc(C)cc(C(=O)Nc5ccc(Oc6cc(C)cc(C(=O)O)c6)cc5)c4)cc3)c2)cc1.CC(=O)Nc1ccc(Oc2cc(C)cc(C(=O)Nc3ccc(Oc4cc(C)cc(C(=O)O)c4)cc3)c2)cc1.CC(=O)Nc1ccc(Oc2cc(C)cc(C(=O)O)c2)cc1. The molecular weight excluding hydrogens is 1450 g/mol. The Balaban J connectivity index is 0.000000200. The van der Waals surface area contributed by atoms with Crippen LogP contribution in [0.4, 0.5) is 34.1 Å².